The molecule has 11 nitrogen and oxygen atoms in total. The van der Waals surface area contributed by atoms with Gasteiger partial charge in [0, 0.05) is 23.9 Å². The maximum atomic E-state index is 12.9. The van der Waals surface area contributed by atoms with E-state index < -0.39 is 52.9 Å². The lowest BCUT2D eigenvalue weighted by molar-refractivity contribution is -0.140. The van der Waals surface area contributed by atoms with Gasteiger partial charge in [-0.25, -0.2) is 21.8 Å². The van der Waals surface area contributed by atoms with E-state index in [1.807, 2.05) is 20.8 Å². The lowest BCUT2D eigenvalue weighted by Crippen LogP contribution is -2.44. The van der Waals surface area contributed by atoms with Crippen LogP contribution in [-0.2, 0) is 47.9 Å². The highest BCUT2D eigenvalue weighted by Crippen LogP contribution is 2.33. The first kappa shape index (κ1) is 40.3. The molecule has 2 N–H and O–H groups in total. The molecule has 0 fully saturated rings. The average molecular weight is 756 g/mol. The van der Waals surface area contributed by atoms with E-state index in [0.717, 1.165) is 16.6 Å². The van der Waals surface area contributed by atoms with Crippen LogP contribution in [0.5, 0.6) is 0 Å². The molecule has 0 unspecified atom stereocenters. The van der Waals surface area contributed by atoms with Gasteiger partial charge in [-0.15, -0.1) is 11.3 Å². The number of sulfone groups is 2. The van der Waals surface area contributed by atoms with Crippen LogP contribution >= 0.6 is 11.3 Å². The number of hydrogen-bond acceptors (Lipinski definition) is 9. The monoisotopic (exact) mass is 755 g/mol. The topological polar surface area (TPSA) is 157 Å². The maximum absolute atomic E-state index is 12.9. The summed E-state index contributed by atoms with van der Waals surface area (Å²) in [6.07, 6.45) is -4.64. The van der Waals surface area contributed by atoms with Gasteiger partial charge in [-0.2, -0.15) is 18.3 Å². The average Bonchev–Trinajstić information content (AvgIpc) is 3.64. The Labute approximate surface area is 294 Å². The molecule has 4 rings (SSSR count). The predicted octanol–water partition coefficient (Wildman–Crippen LogP) is 6.57. The molecule has 2 aromatic carbocycles. The van der Waals surface area contributed by atoms with Crippen LogP contribution < -0.4 is 10.6 Å². The highest BCUT2D eigenvalue weighted by Gasteiger charge is 2.44. The van der Waals surface area contributed by atoms with Crippen LogP contribution in [0.3, 0.4) is 0 Å². The van der Waals surface area contributed by atoms with Crippen molar-refractivity contribution in [1.82, 2.24) is 14.8 Å². The molecule has 17 heteroatoms. The lowest BCUT2D eigenvalue weighted by Gasteiger charge is -2.23. The minimum atomic E-state index is -4.64. The largest absolute Gasteiger partial charge is 0.434 e. The Morgan fingerprint density at radius 2 is 1.22 bits per heavy atom. The number of benzene rings is 2. The third kappa shape index (κ3) is 8.61. The molecule has 0 atom stereocenters. The van der Waals surface area contributed by atoms with Crippen LogP contribution in [0.2, 0.25) is 0 Å². The maximum Gasteiger partial charge on any atom is 0.434 e. The van der Waals surface area contributed by atoms with Crippen LogP contribution in [0.15, 0.2) is 75.8 Å². The molecule has 0 bridgehead atoms. The fourth-order valence-corrected chi connectivity index (χ4v) is 7.57. The molecule has 2 amide bonds. The second kappa shape index (κ2) is 14.3. The van der Waals surface area contributed by atoms with Crippen LogP contribution in [0.4, 0.5) is 24.1 Å². The van der Waals surface area contributed by atoms with E-state index in [0.29, 0.717) is 17.2 Å². The Hall–Kier alpha value is -4.09. The van der Waals surface area contributed by atoms with E-state index in [-0.39, 0.29) is 20.3 Å². The Kier molecular flexibility index (Phi) is 11.5. The quantitative estimate of drug-likeness (QED) is 0.205. The number of halogens is 3. The van der Waals surface area contributed by atoms with Crippen LogP contribution in [0.1, 0.15) is 65.4 Å². The summed E-state index contributed by atoms with van der Waals surface area (Å²) in [5.41, 5.74) is 0.344. The Balaban J connectivity index is 0.000000270. The fourth-order valence-electron chi connectivity index (χ4n) is 4.08. The van der Waals surface area contributed by atoms with Crippen molar-refractivity contribution in [1.29, 1.82) is 0 Å². The molecule has 50 heavy (non-hydrogen) atoms. The molecular formula is C33H40F3N5O6S3. The third-order valence-corrected chi connectivity index (χ3v) is 13.3. The van der Waals surface area contributed by atoms with Gasteiger partial charge >= 0.3 is 6.18 Å². The van der Waals surface area contributed by atoms with Crippen molar-refractivity contribution < 1.29 is 39.6 Å². The van der Waals surface area contributed by atoms with Crippen molar-refractivity contribution in [2.75, 3.05) is 10.6 Å². The first-order valence-corrected chi connectivity index (χ1v) is 18.9. The SMILES string of the molecule is Cc1ccc(S(=O)(=O)C(C)(C)C(=O)Nc2nc(C(F)(F)F)cs2)cc1.Cn1nc(C(C)(C)C)cc1NC(=O)C(C)(C)S(=O)(=O)c1ccccc1. The van der Waals surface area contributed by atoms with Gasteiger partial charge in [-0.05, 0) is 58.9 Å². The molecule has 2 heterocycles. The second-order valence-corrected chi connectivity index (χ2v) is 19.2. The van der Waals surface area contributed by atoms with E-state index in [1.54, 1.807) is 55.1 Å². The molecule has 272 valence electrons. The summed E-state index contributed by atoms with van der Waals surface area (Å²) in [4.78, 5) is 28.5. The van der Waals surface area contributed by atoms with Crippen molar-refractivity contribution in [3.63, 3.8) is 0 Å². The number of hydrogen-bond donors (Lipinski definition) is 2. The lowest BCUT2D eigenvalue weighted by atomic mass is 9.92. The minimum absolute atomic E-state index is 0.0478. The normalized spacial score (nSPS) is 12.9. The standard InChI is InChI=1S/C18H25N3O3S.C15H15F3N2O3S2/c1-17(2,3)14-12-15(21(6)20-14)19-16(22)18(4,5)25(23,24)13-10-8-7-9-11-13;1-9-4-6-10(7-5-9)25(22,23)14(2,3)12(21)20-13-19-11(8-24-13)15(16,17)18/h7-12H,1-6H3,(H,19,22);4-8H,1-3H3,(H,19,20,21). The molecule has 0 aliphatic rings. The molecule has 2 aromatic heterocycles. The number of aromatic nitrogens is 3. The molecule has 4 aromatic rings. The summed E-state index contributed by atoms with van der Waals surface area (Å²) < 4.78 is 86.8. The molecule has 0 saturated carbocycles. The zero-order valence-electron chi connectivity index (χ0n) is 29.0. The highest BCUT2D eigenvalue weighted by molar-refractivity contribution is 7.94. The van der Waals surface area contributed by atoms with Crippen molar-refractivity contribution >= 4 is 53.8 Å². The Morgan fingerprint density at radius 1 is 0.740 bits per heavy atom. The number of rotatable bonds is 8. The first-order chi connectivity index (χ1) is 22.7. The van der Waals surface area contributed by atoms with Gasteiger partial charge in [0.05, 0.1) is 15.5 Å². The third-order valence-electron chi connectivity index (χ3n) is 7.73. The first-order valence-electron chi connectivity index (χ1n) is 15.0. The molecule has 0 aliphatic heterocycles. The second-order valence-electron chi connectivity index (χ2n) is 13.4. The number of carbonyl (C=O) groups is 2. The summed E-state index contributed by atoms with van der Waals surface area (Å²) >= 11 is 0.571. The van der Waals surface area contributed by atoms with Gasteiger partial charge in [0.2, 0.25) is 11.8 Å². The van der Waals surface area contributed by atoms with E-state index >= 15 is 0 Å². The van der Waals surface area contributed by atoms with Crippen molar-refractivity contribution in [3.8, 4) is 0 Å². The van der Waals surface area contributed by atoms with Gasteiger partial charge in [0.25, 0.3) is 0 Å². The van der Waals surface area contributed by atoms with E-state index in [4.69, 9.17) is 0 Å². The number of anilines is 2. The highest BCUT2D eigenvalue weighted by atomic mass is 32.2. The smallest absolute Gasteiger partial charge is 0.310 e. The number of carbonyl (C=O) groups excluding carboxylic acids is 2. The Bertz CT molecular complexity index is 2060. The summed E-state index contributed by atoms with van der Waals surface area (Å²) in [5, 5.41) is 9.67. The van der Waals surface area contributed by atoms with Gasteiger partial charge in [0.15, 0.2) is 30.5 Å². The number of nitrogens with zero attached hydrogens (tertiary/aromatic N) is 3. The fraction of sp³-hybridized carbons (Fsp3) is 0.394. The zero-order chi connectivity index (χ0) is 38.1. The number of alkyl halides is 3. The number of thiazole rings is 1. The van der Waals surface area contributed by atoms with Gasteiger partial charge in [-0.3, -0.25) is 14.3 Å². The van der Waals surface area contributed by atoms with Crippen LogP contribution in [0, 0.1) is 6.92 Å². The molecule has 0 spiro atoms. The van der Waals surface area contributed by atoms with Crippen LogP contribution in [0.25, 0.3) is 0 Å². The van der Waals surface area contributed by atoms with Crippen LogP contribution in [-0.4, -0.2) is 52.9 Å². The minimum Gasteiger partial charge on any atom is -0.310 e. The van der Waals surface area contributed by atoms with Gasteiger partial charge in [-0.1, -0.05) is 56.7 Å². The summed E-state index contributed by atoms with van der Waals surface area (Å²) in [6.45, 7) is 13.0. The van der Waals surface area contributed by atoms with Crippen molar-refractivity contribution in [2.24, 2.45) is 7.05 Å². The molecular weight excluding hydrogens is 716 g/mol. The van der Waals surface area contributed by atoms with Crippen molar-refractivity contribution in [2.45, 2.75) is 86.3 Å². The number of amides is 2. The van der Waals surface area contributed by atoms with Gasteiger partial charge < -0.3 is 10.6 Å². The zero-order valence-corrected chi connectivity index (χ0v) is 31.5. The number of aryl methyl sites for hydroxylation is 2. The van der Waals surface area contributed by atoms with E-state index in [1.165, 1.54) is 52.0 Å². The van der Waals surface area contributed by atoms with Gasteiger partial charge in [0.1, 0.15) is 15.3 Å². The Morgan fingerprint density at radius 3 is 1.66 bits per heavy atom. The molecule has 0 radical (unpaired) electrons. The van der Waals surface area contributed by atoms with E-state index in [9.17, 15) is 39.6 Å². The van der Waals surface area contributed by atoms with E-state index in [2.05, 4.69) is 20.7 Å². The summed E-state index contributed by atoms with van der Waals surface area (Å²) in [5.74, 6) is -1.10. The summed E-state index contributed by atoms with van der Waals surface area (Å²) in [6, 6.07) is 15.7. The molecule has 0 aliphatic carbocycles. The predicted molar refractivity (Wildman–Crippen MR) is 186 cm³/mol. The van der Waals surface area contributed by atoms with Crippen molar-refractivity contribution in [3.05, 3.63) is 83.0 Å². The summed E-state index contributed by atoms with van der Waals surface area (Å²) in [7, 11) is -6.18. The number of nitrogens with one attached hydrogen (secondary N) is 2. The molecule has 0 saturated heterocycles.